The van der Waals surface area contributed by atoms with Gasteiger partial charge in [-0.2, -0.15) is 0 Å². The van der Waals surface area contributed by atoms with E-state index in [9.17, 15) is 15.2 Å². The molecule has 1 unspecified atom stereocenters. The van der Waals surface area contributed by atoms with E-state index in [1.807, 2.05) is 0 Å². The second-order valence-corrected chi connectivity index (χ2v) is 3.38. The van der Waals surface area contributed by atoms with Crippen molar-refractivity contribution >= 4 is 17.0 Å². The first-order valence-electron chi connectivity index (χ1n) is 3.78. The quantitative estimate of drug-likeness (QED) is 0.352. The van der Waals surface area contributed by atoms with Crippen LogP contribution in [0.25, 0.3) is 0 Å². The highest BCUT2D eigenvalue weighted by atomic mass is 32.1. The minimum Gasteiger partial charge on any atom is -0.364 e. The monoisotopic (exact) mass is 215 g/mol. The van der Waals surface area contributed by atoms with Gasteiger partial charge >= 0.3 is 0 Å². The van der Waals surface area contributed by atoms with Crippen molar-refractivity contribution in [1.82, 2.24) is 0 Å². The lowest BCUT2D eigenvalue weighted by Crippen LogP contribution is -2.00. The van der Waals surface area contributed by atoms with E-state index in [1.165, 1.54) is 17.5 Å². The van der Waals surface area contributed by atoms with E-state index in [-0.39, 0.29) is 12.3 Å². The standard InChI is InChI=1S/C8H9NO4S/c1-2-3-13-8(10)7-4-6(5-14-7)9(11)12/h2,4-5,8,10H,1,3H2. The highest BCUT2D eigenvalue weighted by Crippen LogP contribution is 2.27. The van der Waals surface area contributed by atoms with Gasteiger partial charge in [-0.15, -0.1) is 17.9 Å². The molecule has 0 saturated carbocycles. The van der Waals surface area contributed by atoms with E-state index in [1.54, 1.807) is 0 Å². The number of hydrogen-bond donors (Lipinski definition) is 1. The first-order chi connectivity index (χ1) is 6.65. The number of thiophene rings is 1. The Morgan fingerprint density at radius 1 is 1.86 bits per heavy atom. The maximum absolute atomic E-state index is 10.3. The average molecular weight is 215 g/mol. The number of ether oxygens (including phenoxy) is 1. The van der Waals surface area contributed by atoms with Crippen molar-refractivity contribution in [3.63, 3.8) is 0 Å². The Bertz CT molecular complexity index is 336. The lowest BCUT2D eigenvalue weighted by atomic mass is 10.4. The average Bonchev–Trinajstić information content (AvgIpc) is 2.62. The zero-order valence-corrected chi connectivity index (χ0v) is 8.07. The number of rotatable bonds is 5. The molecule has 1 heterocycles. The van der Waals surface area contributed by atoms with Gasteiger partial charge in [0.05, 0.1) is 21.8 Å². The van der Waals surface area contributed by atoms with Gasteiger partial charge in [0.2, 0.25) is 0 Å². The maximum Gasteiger partial charge on any atom is 0.280 e. The molecule has 1 aromatic heterocycles. The molecule has 0 aromatic carbocycles. The molecule has 0 bridgehead atoms. The summed E-state index contributed by atoms with van der Waals surface area (Å²) < 4.78 is 4.90. The predicted octanol–water partition coefficient (Wildman–Crippen LogP) is 1.85. The van der Waals surface area contributed by atoms with Crippen molar-refractivity contribution in [3.05, 3.63) is 39.1 Å². The minimum absolute atomic E-state index is 0.0359. The molecule has 6 heteroatoms. The summed E-state index contributed by atoms with van der Waals surface area (Å²) in [7, 11) is 0. The summed E-state index contributed by atoms with van der Waals surface area (Å²) in [5, 5.41) is 21.0. The second kappa shape index (κ2) is 4.85. The Labute approximate surface area is 84.4 Å². The van der Waals surface area contributed by atoms with Crippen LogP contribution in [-0.2, 0) is 4.74 Å². The SMILES string of the molecule is C=CCOC(O)c1cc([N+](=O)[O-])cs1. The van der Waals surface area contributed by atoms with Gasteiger partial charge in [-0.1, -0.05) is 6.08 Å². The van der Waals surface area contributed by atoms with E-state index in [0.29, 0.717) is 4.88 Å². The molecule has 76 valence electrons. The summed E-state index contributed by atoms with van der Waals surface area (Å²) in [4.78, 5) is 10.2. The predicted molar refractivity (Wildman–Crippen MR) is 52.1 cm³/mol. The van der Waals surface area contributed by atoms with Crippen LogP contribution >= 0.6 is 11.3 Å². The molecule has 0 radical (unpaired) electrons. The van der Waals surface area contributed by atoms with Crippen LogP contribution in [0.2, 0.25) is 0 Å². The third-order valence-corrected chi connectivity index (χ3v) is 2.38. The van der Waals surface area contributed by atoms with Gasteiger partial charge in [-0.25, -0.2) is 0 Å². The van der Waals surface area contributed by atoms with Crippen molar-refractivity contribution in [2.24, 2.45) is 0 Å². The number of aliphatic hydroxyl groups excluding tert-OH is 1. The Hall–Kier alpha value is -1.24. The Morgan fingerprint density at radius 2 is 2.57 bits per heavy atom. The molecule has 0 spiro atoms. The summed E-state index contributed by atoms with van der Waals surface area (Å²) in [6, 6.07) is 1.29. The van der Waals surface area contributed by atoms with Crippen LogP contribution in [0.15, 0.2) is 24.1 Å². The molecule has 0 saturated heterocycles. The van der Waals surface area contributed by atoms with Crippen molar-refractivity contribution < 1.29 is 14.8 Å². The largest absolute Gasteiger partial charge is 0.364 e. The van der Waals surface area contributed by atoms with Crippen LogP contribution < -0.4 is 0 Å². The highest BCUT2D eigenvalue weighted by molar-refractivity contribution is 7.10. The molecule has 14 heavy (non-hydrogen) atoms. The maximum atomic E-state index is 10.3. The smallest absolute Gasteiger partial charge is 0.280 e. The molecule has 1 atom stereocenters. The van der Waals surface area contributed by atoms with Crippen molar-refractivity contribution in [2.75, 3.05) is 6.61 Å². The van der Waals surface area contributed by atoms with Gasteiger partial charge in [0.1, 0.15) is 0 Å². The van der Waals surface area contributed by atoms with Gasteiger partial charge in [0.25, 0.3) is 5.69 Å². The van der Waals surface area contributed by atoms with Gasteiger partial charge in [-0.3, -0.25) is 10.1 Å². The molecule has 1 N–H and O–H groups in total. The molecule has 0 aliphatic carbocycles. The third kappa shape index (κ3) is 2.63. The molecule has 1 aromatic rings. The van der Waals surface area contributed by atoms with Crippen molar-refractivity contribution in [3.8, 4) is 0 Å². The van der Waals surface area contributed by atoms with Gasteiger partial charge in [0.15, 0.2) is 6.29 Å². The van der Waals surface area contributed by atoms with Crippen LogP contribution in [0, 0.1) is 10.1 Å². The van der Waals surface area contributed by atoms with E-state index in [0.717, 1.165) is 11.3 Å². The summed E-state index contributed by atoms with van der Waals surface area (Å²) in [6.07, 6.45) is 0.373. The normalized spacial score (nSPS) is 12.4. The first-order valence-corrected chi connectivity index (χ1v) is 4.66. The van der Waals surface area contributed by atoms with Crippen LogP contribution in [0.5, 0.6) is 0 Å². The van der Waals surface area contributed by atoms with E-state index in [4.69, 9.17) is 4.74 Å². The van der Waals surface area contributed by atoms with E-state index >= 15 is 0 Å². The van der Waals surface area contributed by atoms with Crippen LogP contribution in [0.4, 0.5) is 5.69 Å². The Morgan fingerprint density at radius 3 is 3.07 bits per heavy atom. The fourth-order valence-electron chi connectivity index (χ4n) is 0.809. The van der Waals surface area contributed by atoms with E-state index in [2.05, 4.69) is 6.58 Å². The number of hydrogen-bond acceptors (Lipinski definition) is 5. The highest BCUT2D eigenvalue weighted by Gasteiger charge is 2.15. The van der Waals surface area contributed by atoms with Gasteiger partial charge in [-0.05, 0) is 0 Å². The molecule has 5 nitrogen and oxygen atoms in total. The summed E-state index contributed by atoms with van der Waals surface area (Å²) >= 11 is 1.09. The Balaban J connectivity index is 2.66. The summed E-state index contributed by atoms with van der Waals surface area (Å²) in [6.45, 7) is 3.62. The van der Waals surface area contributed by atoms with Crippen LogP contribution in [0.1, 0.15) is 11.2 Å². The number of aliphatic hydroxyl groups is 1. The molecule has 0 fully saturated rings. The second-order valence-electron chi connectivity index (χ2n) is 2.44. The lowest BCUT2D eigenvalue weighted by Gasteiger charge is -2.06. The first kappa shape index (κ1) is 10.8. The van der Waals surface area contributed by atoms with Gasteiger partial charge in [0, 0.05) is 6.07 Å². The number of nitro groups is 1. The minimum atomic E-state index is -1.12. The topological polar surface area (TPSA) is 72.6 Å². The van der Waals surface area contributed by atoms with Crippen LogP contribution in [0.3, 0.4) is 0 Å². The molecular formula is C8H9NO4S. The van der Waals surface area contributed by atoms with Crippen LogP contribution in [-0.4, -0.2) is 16.6 Å². The lowest BCUT2D eigenvalue weighted by molar-refractivity contribution is -0.384. The zero-order valence-electron chi connectivity index (χ0n) is 7.25. The summed E-state index contributed by atoms with van der Waals surface area (Å²) in [5.41, 5.74) is -0.0359. The number of nitrogens with zero attached hydrogens (tertiary/aromatic N) is 1. The molecule has 0 aliphatic rings. The molecule has 1 rings (SSSR count). The fourth-order valence-corrected chi connectivity index (χ4v) is 1.59. The Kier molecular flexibility index (Phi) is 3.75. The summed E-state index contributed by atoms with van der Waals surface area (Å²) in [5.74, 6) is 0. The molecular weight excluding hydrogens is 206 g/mol. The van der Waals surface area contributed by atoms with Crippen molar-refractivity contribution in [2.45, 2.75) is 6.29 Å². The van der Waals surface area contributed by atoms with E-state index < -0.39 is 11.2 Å². The third-order valence-electron chi connectivity index (χ3n) is 1.43. The van der Waals surface area contributed by atoms with Crippen molar-refractivity contribution in [1.29, 1.82) is 0 Å². The molecule has 0 aliphatic heterocycles. The fraction of sp³-hybridized carbons (Fsp3) is 0.250. The zero-order chi connectivity index (χ0) is 10.6. The molecule has 0 amide bonds. The van der Waals surface area contributed by atoms with Gasteiger partial charge < -0.3 is 9.84 Å².